The topological polar surface area (TPSA) is 57.9 Å². The van der Waals surface area contributed by atoms with Crippen molar-refractivity contribution in [2.24, 2.45) is 5.73 Å². The Morgan fingerprint density at radius 1 is 1.44 bits per heavy atom. The van der Waals surface area contributed by atoms with Crippen molar-refractivity contribution in [3.05, 3.63) is 11.3 Å². The third-order valence-electron chi connectivity index (χ3n) is 3.96. The maximum Gasteiger partial charge on any atom is 0.153 e. The number of fused-ring (bicyclic) bond motifs is 1. The number of hydrogen-bond donors (Lipinski definition) is 2. The Labute approximate surface area is 96.2 Å². The van der Waals surface area contributed by atoms with Crippen LogP contribution in [0.3, 0.4) is 0 Å². The third kappa shape index (κ3) is 1.52. The minimum atomic E-state index is 0.327. The van der Waals surface area contributed by atoms with Gasteiger partial charge in [-0.2, -0.15) is 5.10 Å². The van der Waals surface area contributed by atoms with Crippen molar-refractivity contribution in [2.75, 3.05) is 18.0 Å². The van der Waals surface area contributed by atoms with Crippen LogP contribution < -0.4 is 10.6 Å². The van der Waals surface area contributed by atoms with Crippen molar-refractivity contribution in [1.29, 1.82) is 0 Å². The van der Waals surface area contributed by atoms with Gasteiger partial charge in [-0.1, -0.05) is 6.92 Å². The van der Waals surface area contributed by atoms with Crippen LogP contribution in [0.25, 0.3) is 0 Å². The normalized spacial score (nSPS) is 29.5. The number of nitrogens with zero attached hydrogens (tertiary/aromatic N) is 2. The Balaban J connectivity index is 1.91. The Kier molecular flexibility index (Phi) is 2.39. The van der Waals surface area contributed by atoms with Gasteiger partial charge in [-0.15, -0.1) is 0 Å². The second-order valence-corrected chi connectivity index (χ2v) is 5.23. The van der Waals surface area contributed by atoms with Gasteiger partial charge in [0.1, 0.15) is 0 Å². The van der Waals surface area contributed by atoms with Crippen molar-refractivity contribution in [3.8, 4) is 0 Å². The Bertz CT molecular complexity index is 384. The van der Waals surface area contributed by atoms with E-state index >= 15 is 0 Å². The van der Waals surface area contributed by atoms with Gasteiger partial charge in [0.25, 0.3) is 0 Å². The summed E-state index contributed by atoms with van der Waals surface area (Å²) in [5.41, 5.74) is 8.77. The fourth-order valence-corrected chi connectivity index (χ4v) is 2.99. The number of rotatable bonds is 1. The predicted molar refractivity (Wildman–Crippen MR) is 64.7 cm³/mol. The summed E-state index contributed by atoms with van der Waals surface area (Å²) in [6.07, 6.45) is 4.85. The minimum Gasteiger partial charge on any atom is -0.353 e. The summed E-state index contributed by atoms with van der Waals surface area (Å²) in [6.45, 7) is 4.31. The number of H-pyrrole nitrogens is 1. The molecular weight excluding hydrogens is 200 g/mol. The second kappa shape index (κ2) is 3.77. The molecule has 1 fully saturated rings. The quantitative estimate of drug-likeness (QED) is 0.752. The Hall–Kier alpha value is -1.03. The fourth-order valence-electron chi connectivity index (χ4n) is 2.99. The van der Waals surface area contributed by atoms with Crippen molar-refractivity contribution < 1.29 is 0 Å². The zero-order valence-corrected chi connectivity index (χ0v) is 9.87. The number of hydrogen-bond acceptors (Lipinski definition) is 3. The molecule has 0 amide bonds. The molecule has 0 saturated carbocycles. The molecule has 2 aliphatic rings. The molecule has 88 valence electrons. The Morgan fingerprint density at radius 3 is 3.06 bits per heavy atom. The molecule has 4 nitrogen and oxygen atoms in total. The van der Waals surface area contributed by atoms with E-state index in [-0.39, 0.29) is 0 Å². The first-order valence-electron chi connectivity index (χ1n) is 6.33. The van der Waals surface area contributed by atoms with E-state index in [9.17, 15) is 0 Å². The summed E-state index contributed by atoms with van der Waals surface area (Å²) in [4.78, 5) is 2.35. The van der Waals surface area contributed by atoms with Gasteiger partial charge in [0, 0.05) is 30.4 Å². The van der Waals surface area contributed by atoms with Crippen molar-refractivity contribution >= 4 is 5.82 Å². The standard InChI is InChI=1S/C12H20N4/c1-8-3-2-4-10-11(8)14-15-12(10)16-6-5-9(13)7-16/h8-9H,2-7,13H2,1H3,(H,14,15). The molecule has 2 unspecified atom stereocenters. The zero-order valence-electron chi connectivity index (χ0n) is 9.87. The van der Waals surface area contributed by atoms with Crippen molar-refractivity contribution in [1.82, 2.24) is 10.2 Å². The predicted octanol–water partition coefficient (Wildman–Crippen LogP) is 1.39. The molecule has 2 heterocycles. The van der Waals surface area contributed by atoms with Gasteiger partial charge >= 0.3 is 0 Å². The largest absolute Gasteiger partial charge is 0.353 e. The highest BCUT2D eigenvalue weighted by Crippen LogP contribution is 2.35. The summed E-state index contributed by atoms with van der Waals surface area (Å²) in [5, 5.41) is 7.75. The summed E-state index contributed by atoms with van der Waals surface area (Å²) in [6, 6.07) is 0.327. The van der Waals surface area contributed by atoms with Crippen LogP contribution in [0.1, 0.15) is 43.4 Å². The molecule has 0 bridgehead atoms. The van der Waals surface area contributed by atoms with E-state index in [2.05, 4.69) is 22.0 Å². The number of anilines is 1. The minimum absolute atomic E-state index is 0.327. The monoisotopic (exact) mass is 220 g/mol. The molecule has 1 aromatic heterocycles. The summed E-state index contributed by atoms with van der Waals surface area (Å²) >= 11 is 0. The van der Waals surface area contributed by atoms with Crippen LogP contribution in [0, 0.1) is 0 Å². The van der Waals surface area contributed by atoms with Gasteiger partial charge < -0.3 is 10.6 Å². The van der Waals surface area contributed by atoms with E-state index < -0.39 is 0 Å². The summed E-state index contributed by atoms with van der Waals surface area (Å²) in [7, 11) is 0. The van der Waals surface area contributed by atoms with Crippen LogP contribution in [-0.4, -0.2) is 29.3 Å². The zero-order chi connectivity index (χ0) is 11.1. The van der Waals surface area contributed by atoms with E-state index in [1.165, 1.54) is 36.3 Å². The number of aromatic nitrogens is 2. The SMILES string of the molecule is CC1CCCc2c(N3CCC(N)C3)n[nH]c21. The molecule has 4 heteroatoms. The van der Waals surface area contributed by atoms with Gasteiger partial charge in [-0.05, 0) is 31.6 Å². The molecule has 1 aromatic rings. The Morgan fingerprint density at radius 2 is 2.31 bits per heavy atom. The first kappa shape index (κ1) is 10.1. The van der Waals surface area contributed by atoms with E-state index in [1.54, 1.807) is 0 Å². The highest BCUT2D eigenvalue weighted by atomic mass is 15.3. The fraction of sp³-hybridized carbons (Fsp3) is 0.750. The van der Waals surface area contributed by atoms with Crippen LogP contribution >= 0.6 is 0 Å². The molecule has 1 aliphatic heterocycles. The number of aromatic amines is 1. The molecule has 3 N–H and O–H groups in total. The van der Waals surface area contributed by atoms with E-state index in [0.717, 1.165) is 19.5 Å². The van der Waals surface area contributed by atoms with Crippen LogP contribution in [0.5, 0.6) is 0 Å². The average Bonchev–Trinajstić information content (AvgIpc) is 2.84. The van der Waals surface area contributed by atoms with Gasteiger partial charge in [-0.3, -0.25) is 5.10 Å². The molecule has 0 aromatic carbocycles. The highest BCUT2D eigenvalue weighted by Gasteiger charge is 2.28. The van der Waals surface area contributed by atoms with Crippen molar-refractivity contribution in [2.45, 2.75) is 44.6 Å². The summed E-state index contributed by atoms with van der Waals surface area (Å²) < 4.78 is 0. The third-order valence-corrected chi connectivity index (χ3v) is 3.96. The highest BCUT2D eigenvalue weighted by molar-refractivity contribution is 5.52. The lowest BCUT2D eigenvalue weighted by molar-refractivity contribution is 0.578. The molecule has 1 saturated heterocycles. The van der Waals surface area contributed by atoms with Crippen LogP contribution in [-0.2, 0) is 6.42 Å². The lowest BCUT2D eigenvalue weighted by atomic mass is 9.89. The maximum absolute atomic E-state index is 5.95. The molecule has 0 spiro atoms. The van der Waals surface area contributed by atoms with E-state index in [1.807, 2.05) is 0 Å². The number of nitrogens with two attached hydrogens (primary N) is 1. The van der Waals surface area contributed by atoms with Crippen LogP contribution in [0.2, 0.25) is 0 Å². The van der Waals surface area contributed by atoms with E-state index in [0.29, 0.717) is 12.0 Å². The number of nitrogens with one attached hydrogen (secondary N) is 1. The van der Waals surface area contributed by atoms with Crippen molar-refractivity contribution in [3.63, 3.8) is 0 Å². The van der Waals surface area contributed by atoms with E-state index in [4.69, 9.17) is 5.73 Å². The van der Waals surface area contributed by atoms with Gasteiger partial charge in [0.15, 0.2) is 5.82 Å². The smallest absolute Gasteiger partial charge is 0.153 e. The molecule has 1 aliphatic carbocycles. The lowest BCUT2D eigenvalue weighted by Crippen LogP contribution is -2.27. The van der Waals surface area contributed by atoms with Gasteiger partial charge in [0.05, 0.1) is 0 Å². The van der Waals surface area contributed by atoms with Crippen LogP contribution in [0.15, 0.2) is 0 Å². The van der Waals surface area contributed by atoms with Crippen LogP contribution in [0.4, 0.5) is 5.82 Å². The average molecular weight is 220 g/mol. The van der Waals surface area contributed by atoms with Gasteiger partial charge in [-0.25, -0.2) is 0 Å². The first-order valence-corrected chi connectivity index (χ1v) is 6.33. The molecule has 3 rings (SSSR count). The molecule has 0 radical (unpaired) electrons. The lowest BCUT2D eigenvalue weighted by Gasteiger charge is -2.21. The molecule has 2 atom stereocenters. The maximum atomic E-state index is 5.95. The second-order valence-electron chi connectivity index (χ2n) is 5.23. The van der Waals surface area contributed by atoms with Gasteiger partial charge in [0.2, 0.25) is 0 Å². The summed E-state index contributed by atoms with van der Waals surface area (Å²) in [5.74, 6) is 1.82. The molecular formula is C12H20N4. The first-order chi connectivity index (χ1) is 7.75. The molecule has 16 heavy (non-hydrogen) atoms.